The minimum Gasteiger partial charge on any atom is -0.339 e. The Morgan fingerprint density at radius 1 is 1.14 bits per heavy atom. The summed E-state index contributed by atoms with van der Waals surface area (Å²) in [5, 5.41) is 13.5. The van der Waals surface area contributed by atoms with Crippen LogP contribution in [0.3, 0.4) is 0 Å². The second kappa shape index (κ2) is 5.48. The van der Waals surface area contributed by atoms with Crippen LogP contribution in [0.4, 0.5) is 24.7 Å². The molecule has 0 radical (unpaired) electrons. The maximum atomic E-state index is 12.8. The van der Waals surface area contributed by atoms with Gasteiger partial charge in [-0.15, -0.1) is 27.1 Å². The smallest absolute Gasteiger partial charge is 0.339 e. The molecule has 0 atom stereocenters. The molecule has 0 aliphatic rings. The Kier molecular flexibility index (Phi) is 3.65. The summed E-state index contributed by atoms with van der Waals surface area (Å²) in [6.45, 7) is 0. The molecule has 2 heterocycles. The van der Waals surface area contributed by atoms with Crippen LogP contribution in [0.1, 0.15) is 5.82 Å². The summed E-state index contributed by atoms with van der Waals surface area (Å²) in [6.07, 6.45) is -2.67. The molecule has 3 aromatic rings. The van der Waals surface area contributed by atoms with Gasteiger partial charge < -0.3 is 5.32 Å². The molecule has 0 aliphatic heterocycles. The third-order valence-electron chi connectivity index (χ3n) is 2.86. The van der Waals surface area contributed by atoms with Crippen molar-refractivity contribution in [2.45, 2.75) is 11.1 Å². The van der Waals surface area contributed by atoms with E-state index in [-0.39, 0.29) is 11.5 Å². The quantitative estimate of drug-likeness (QED) is 0.746. The van der Waals surface area contributed by atoms with E-state index in [4.69, 9.17) is 0 Å². The van der Waals surface area contributed by atoms with E-state index in [1.807, 2.05) is 30.5 Å². The van der Waals surface area contributed by atoms with Crippen LogP contribution in [0.5, 0.6) is 0 Å². The predicted octanol–water partition coefficient (Wildman–Crippen LogP) is 3.61. The Morgan fingerprint density at radius 2 is 1.95 bits per heavy atom. The van der Waals surface area contributed by atoms with E-state index in [1.165, 1.54) is 6.07 Å². The van der Waals surface area contributed by atoms with E-state index >= 15 is 0 Å². The van der Waals surface area contributed by atoms with Gasteiger partial charge in [-0.25, -0.2) is 0 Å². The van der Waals surface area contributed by atoms with Crippen molar-refractivity contribution in [3.8, 4) is 0 Å². The number of hydrogen-bond acceptors (Lipinski definition) is 5. The van der Waals surface area contributed by atoms with Crippen LogP contribution in [0.15, 0.2) is 41.3 Å². The number of aromatic nitrogens is 4. The predicted molar refractivity (Wildman–Crippen MR) is 77.3 cm³/mol. The number of anilines is 2. The van der Waals surface area contributed by atoms with Crippen LogP contribution in [0.25, 0.3) is 5.65 Å². The van der Waals surface area contributed by atoms with Gasteiger partial charge in [-0.1, -0.05) is 6.07 Å². The molecular formula is C13H10F3N5S. The average molecular weight is 325 g/mol. The lowest BCUT2D eigenvalue weighted by atomic mass is 10.3. The third-order valence-corrected chi connectivity index (χ3v) is 3.58. The lowest BCUT2D eigenvalue weighted by Crippen LogP contribution is -2.13. The molecule has 0 saturated heterocycles. The molecule has 0 fully saturated rings. The summed E-state index contributed by atoms with van der Waals surface area (Å²) in [4.78, 5) is 1.03. The second-order valence-electron chi connectivity index (χ2n) is 4.37. The topological polar surface area (TPSA) is 55.1 Å². The largest absolute Gasteiger partial charge is 0.453 e. The van der Waals surface area contributed by atoms with Crippen molar-refractivity contribution < 1.29 is 13.2 Å². The number of hydrogen-bond donors (Lipinski definition) is 1. The van der Waals surface area contributed by atoms with E-state index in [1.54, 1.807) is 17.8 Å². The monoisotopic (exact) mass is 325 g/mol. The van der Waals surface area contributed by atoms with Gasteiger partial charge in [0.05, 0.1) is 0 Å². The van der Waals surface area contributed by atoms with Crippen LogP contribution >= 0.6 is 11.8 Å². The highest BCUT2D eigenvalue weighted by atomic mass is 32.2. The lowest BCUT2D eigenvalue weighted by Gasteiger charge is -2.08. The highest BCUT2D eigenvalue weighted by molar-refractivity contribution is 7.98. The number of nitrogens with one attached hydrogen (secondary N) is 1. The third kappa shape index (κ3) is 2.84. The lowest BCUT2D eigenvalue weighted by molar-refractivity contribution is -0.146. The number of halogens is 3. The van der Waals surface area contributed by atoms with Gasteiger partial charge in [0.2, 0.25) is 0 Å². The number of alkyl halides is 3. The van der Waals surface area contributed by atoms with Crippen LogP contribution in [0.2, 0.25) is 0 Å². The van der Waals surface area contributed by atoms with Crippen molar-refractivity contribution in [1.82, 2.24) is 19.8 Å². The maximum Gasteiger partial charge on any atom is 0.453 e. The number of nitrogens with zero attached hydrogens (tertiary/aromatic N) is 4. The first-order valence-corrected chi connectivity index (χ1v) is 7.40. The van der Waals surface area contributed by atoms with Crippen LogP contribution in [-0.2, 0) is 6.18 Å². The minimum absolute atomic E-state index is 0.0377. The molecule has 2 aromatic heterocycles. The van der Waals surface area contributed by atoms with Gasteiger partial charge in [0.25, 0.3) is 5.82 Å². The first-order valence-electron chi connectivity index (χ1n) is 6.18. The fraction of sp³-hybridized carbons (Fsp3) is 0.154. The zero-order valence-electron chi connectivity index (χ0n) is 11.3. The molecule has 0 aliphatic carbocycles. The number of benzene rings is 1. The standard InChI is InChI=1S/C13H10F3N5S/c1-22-9-4-2-3-8(7-9)17-10-5-6-11-18-19-12(13(14,15)16)21(11)20-10/h2-7H,1H3,(H,17,20). The number of rotatable bonds is 3. The molecule has 1 aromatic carbocycles. The summed E-state index contributed by atoms with van der Waals surface area (Å²) in [6, 6.07) is 10.5. The Hall–Kier alpha value is -2.29. The van der Waals surface area contributed by atoms with Crippen LogP contribution < -0.4 is 5.32 Å². The molecule has 3 rings (SSSR count). The molecular weight excluding hydrogens is 315 g/mol. The Bertz CT molecular complexity index is 815. The molecule has 9 heteroatoms. The van der Waals surface area contributed by atoms with E-state index in [9.17, 15) is 13.2 Å². The first kappa shape index (κ1) is 14.6. The molecule has 0 saturated carbocycles. The zero-order chi connectivity index (χ0) is 15.7. The van der Waals surface area contributed by atoms with Crippen molar-refractivity contribution in [2.75, 3.05) is 11.6 Å². The molecule has 0 unspecified atom stereocenters. The van der Waals surface area contributed by atoms with Crippen molar-refractivity contribution in [3.05, 3.63) is 42.2 Å². The van der Waals surface area contributed by atoms with Crippen LogP contribution in [-0.4, -0.2) is 26.1 Å². The Labute approximate surface area is 127 Å². The summed E-state index contributed by atoms with van der Waals surface area (Å²) >= 11 is 1.57. The summed E-state index contributed by atoms with van der Waals surface area (Å²) in [5.74, 6) is -0.875. The van der Waals surface area contributed by atoms with Gasteiger partial charge in [-0.2, -0.15) is 17.7 Å². The highest BCUT2D eigenvalue weighted by Crippen LogP contribution is 2.28. The molecule has 0 spiro atoms. The summed E-state index contributed by atoms with van der Waals surface area (Å²) in [5.41, 5.74) is 0.774. The van der Waals surface area contributed by atoms with Crippen molar-refractivity contribution >= 4 is 28.9 Å². The van der Waals surface area contributed by atoms with Gasteiger partial charge in [-0.3, -0.25) is 0 Å². The Morgan fingerprint density at radius 3 is 2.68 bits per heavy atom. The normalized spacial score (nSPS) is 11.8. The van der Waals surface area contributed by atoms with Gasteiger partial charge in [0.1, 0.15) is 0 Å². The summed E-state index contributed by atoms with van der Waals surface area (Å²) < 4.78 is 39.1. The van der Waals surface area contributed by atoms with Gasteiger partial charge in [0.15, 0.2) is 11.5 Å². The fourth-order valence-electron chi connectivity index (χ4n) is 1.88. The fourth-order valence-corrected chi connectivity index (χ4v) is 2.34. The molecule has 0 amide bonds. The molecule has 0 bridgehead atoms. The molecule has 114 valence electrons. The first-order chi connectivity index (χ1) is 10.5. The second-order valence-corrected chi connectivity index (χ2v) is 5.25. The van der Waals surface area contributed by atoms with E-state index in [0.29, 0.717) is 4.52 Å². The van der Waals surface area contributed by atoms with Crippen molar-refractivity contribution in [2.24, 2.45) is 0 Å². The number of fused-ring (bicyclic) bond motifs is 1. The van der Waals surface area contributed by atoms with Crippen molar-refractivity contribution in [3.63, 3.8) is 0 Å². The van der Waals surface area contributed by atoms with E-state index in [0.717, 1.165) is 10.6 Å². The average Bonchev–Trinajstić information content (AvgIpc) is 2.90. The maximum absolute atomic E-state index is 12.8. The minimum atomic E-state index is -4.61. The molecule has 5 nitrogen and oxygen atoms in total. The zero-order valence-corrected chi connectivity index (χ0v) is 12.1. The summed E-state index contributed by atoms with van der Waals surface area (Å²) in [7, 11) is 0. The SMILES string of the molecule is CSc1cccc(Nc2ccc3nnc(C(F)(F)F)n3n2)c1. The van der Waals surface area contributed by atoms with Crippen LogP contribution in [0, 0.1) is 0 Å². The Balaban J connectivity index is 1.97. The highest BCUT2D eigenvalue weighted by Gasteiger charge is 2.37. The van der Waals surface area contributed by atoms with Gasteiger partial charge in [-0.05, 0) is 36.6 Å². The molecule has 22 heavy (non-hydrogen) atoms. The van der Waals surface area contributed by atoms with Crippen molar-refractivity contribution in [1.29, 1.82) is 0 Å². The van der Waals surface area contributed by atoms with Gasteiger partial charge in [0, 0.05) is 10.6 Å². The van der Waals surface area contributed by atoms with E-state index in [2.05, 4.69) is 20.6 Å². The molecule has 1 N–H and O–H groups in total. The van der Waals surface area contributed by atoms with E-state index < -0.39 is 12.0 Å². The van der Waals surface area contributed by atoms with Gasteiger partial charge >= 0.3 is 6.18 Å². The number of thioether (sulfide) groups is 1.